The average molecular weight is 243 g/mol. The maximum Gasteiger partial charge on any atom is 0.0663 e. The van der Waals surface area contributed by atoms with E-state index in [4.69, 9.17) is 16.3 Å². The fourth-order valence-corrected chi connectivity index (χ4v) is 2.06. The molecule has 1 unspecified atom stereocenters. The van der Waals surface area contributed by atoms with Crippen molar-refractivity contribution < 1.29 is 4.74 Å². The highest BCUT2D eigenvalue weighted by Crippen LogP contribution is 2.22. The highest BCUT2D eigenvalue weighted by Gasteiger charge is 2.15. The van der Waals surface area contributed by atoms with Gasteiger partial charge in [0.25, 0.3) is 0 Å². The number of aromatic nitrogens is 1. The predicted molar refractivity (Wildman–Crippen MR) is 68.2 cm³/mol. The molecular weight excluding hydrogens is 224 g/mol. The number of rotatable bonds is 6. The Morgan fingerprint density at radius 3 is 2.88 bits per heavy atom. The Morgan fingerprint density at radius 1 is 1.56 bits per heavy atom. The van der Waals surface area contributed by atoms with Crippen LogP contribution in [0.5, 0.6) is 0 Å². The number of pyridine rings is 1. The fourth-order valence-electron chi connectivity index (χ4n) is 1.84. The summed E-state index contributed by atoms with van der Waals surface area (Å²) in [6.07, 6.45) is 3.64. The van der Waals surface area contributed by atoms with Gasteiger partial charge in [0.15, 0.2) is 0 Å². The number of alkyl halides is 1. The van der Waals surface area contributed by atoms with Crippen molar-refractivity contribution in [1.82, 2.24) is 4.98 Å². The molecule has 0 bridgehead atoms. The summed E-state index contributed by atoms with van der Waals surface area (Å²) in [6.45, 7) is 5.87. The summed E-state index contributed by atoms with van der Waals surface area (Å²) >= 11 is 5.93. The van der Waals surface area contributed by atoms with Crippen LogP contribution >= 0.6 is 11.6 Å². The summed E-state index contributed by atoms with van der Waals surface area (Å²) in [5.74, 6) is 0.508. The number of ether oxygens (including phenoxy) is 1. The third kappa shape index (κ3) is 3.09. The lowest BCUT2D eigenvalue weighted by Crippen LogP contribution is -2.36. The summed E-state index contributed by atoms with van der Waals surface area (Å²) in [7, 11) is 1.72. The topological polar surface area (TPSA) is 25.4 Å². The van der Waals surface area contributed by atoms with Crippen LogP contribution in [-0.2, 0) is 10.6 Å². The fraction of sp³-hybridized carbons (Fsp3) is 0.583. The van der Waals surface area contributed by atoms with Crippen LogP contribution in [0.25, 0.3) is 0 Å². The van der Waals surface area contributed by atoms with Crippen LogP contribution in [0.4, 0.5) is 5.69 Å². The molecule has 1 aromatic rings. The molecule has 3 nitrogen and oxygen atoms in total. The third-order valence-electron chi connectivity index (χ3n) is 2.62. The van der Waals surface area contributed by atoms with E-state index in [1.165, 1.54) is 0 Å². The highest BCUT2D eigenvalue weighted by molar-refractivity contribution is 6.17. The monoisotopic (exact) mass is 242 g/mol. The van der Waals surface area contributed by atoms with Crippen molar-refractivity contribution in [3.8, 4) is 0 Å². The molecule has 0 aliphatic carbocycles. The number of nitrogens with zero attached hydrogens (tertiary/aromatic N) is 2. The summed E-state index contributed by atoms with van der Waals surface area (Å²) in [4.78, 5) is 6.42. The molecule has 1 atom stereocenters. The number of methoxy groups -OCH3 is 1. The first-order chi connectivity index (χ1) is 7.74. The van der Waals surface area contributed by atoms with E-state index in [1.807, 2.05) is 12.3 Å². The van der Waals surface area contributed by atoms with Crippen molar-refractivity contribution in [2.75, 3.05) is 25.2 Å². The van der Waals surface area contributed by atoms with Crippen LogP contribution < -0.4 is 4.90 Å². The molecule has 0 fully saturated rings. The van der Waals surface area contributed by atoms with Gasteiger partial charge in [0.2, 0.25) is 0 Å². The molecule has 0 aliphatic heterocycles. The number of anilines is 1. The van der Waals surface area contributed by atoms with Crippen LogP contribution in [0.3, 0.4) is 0 Å². The van der Waals surface area contributed by atoms with E-state index >= 15 is 0 Å². The number of hydrogen-bond acceptors (Lipinski definition) is 3. The molecule has 0 aromatic carbocycles. The molecule has 90 valence electrons. The maximum absolute atomic E-state index is 5.93. The van der Waals surface area contributed by atoms with Gasteiger partial charge in [0, 0.05) is 31.8 Å². The van der Waals surface area contributed by atoms with Gasteiger partial charge in [-0.3, -0.25) is 4.98 Å². The zero-order valence-electron chi connectivity index (χ0n) is 10.1. The molecule has 0 saturated heterocycles. The van der Waals surface area contributed by atoms with E-state index in [2.05, 4.69) is 23.7 Å². The van der Waals surface area contributed by atoms with Gasteiger partial charge in [-0.1, -0.05) is 0 Å². The largest absolute Gasteiger partial charge is 0.383 e. The molecule has 0 saturated carbocycles. The van der Waals surface area contributed by atoms with Gasteiger partial charge in [-0.25, -0.2) is 0 Å². The number of hydrogen-bond donors (Lipinski definition) is 0. The van der Waals surface area contributed by atoms with E-state index in [0.717, 1.165) is 17.8 Å². The van der Waals surface area contributed by atoms with Crippen LogP contribution in [0.15, 0.2) is 18.5 Å². The van der Waals surface area contributed by atoms with Crippen molar-refractivity contribution in [3.05, 3.63) is 24.0 Å². The molecule has 1 heterocycles. The van der Waals surface area contributed by atoms with Crippen LogP contribution in [0.2, 0.25) is 0 Å². The second kappa shape index (κ2) is 6.71. The van der Waals surface area contributed by atoms with Crippen molar-refractivity contribution in [2.24, 2.45) is 0 Å². The first kappa shape index (κ1) is 13.3. The SMILES string of the molecule is CCN(c1cnccc1CCl)C(C)COC. The minimum absolute atomic E-state index is 0.321. The Balaban J connectivity index is 2.93. The Kier molecular flexibility index (Phi) is 5.56. The zero-order valence-corrected chi connectivity index (χ0v) is 10.9. The average Bonchev–Trinajstić information content (AvgIpc) is 2.31. The highest BCUT2D eigenvalue weighted by atomic mass is 35.5. The minimum atomic E-state index is 0.321. The lowest BCUT2D eigenvalue weighted by atomic mass is 10.2. The quantitative estimate of drug-likeness (QED) is 0.718. The first-order valence-electron chi connectivity index (χ1n) is 5.49. The van der Waals surface area contributed by atoms with Gasteiger partial charge >= 0.3 is 0 Å². The Labute approximate surface area is 102 Å². The standard InChI is InChI=1S/C12H19ClN2O/c1-4-15(10(2)9-16-3)12-8-14-6-5-11(12)7-13/h5-6,8,10H,4,7,9H2,1-3H3. The summed E-state index contributed by atoms with van der Waals surface area (Å²) in [5, 5.41) is 0. The first-order valence-corrected chi connectivity index (χ1v) is 6.02. The van der Waals surface area contributed by atoms with Gasteiger partial charge in [0.1, 0.15) is 0 Å². The smallest absolute Gasteiger partial charge is 0.0663 e. The minimum Gasteiger partial charge on any atom is -0.383 e. The molecule has 0 aliphatic rings. The van der Waals surface area contributed by atoms with E-state index in [-0.39, 0.29) is 0 Å². The number of halogens is 1. The molecule has 4 heteroatoms. The Hall–Kier alpha value is -0.800. The third-order valence-corrected chi connectivity index (χ3v) is 2.91. The predicted octanol–water partition coefficient (Wildman–Crippen LogP) is 2.68. The van der Waals surface area contributed by atoms with Crippen molar-refractivity contribution in [3.63, 3.8) is 0 Å². The van der Waals surface area contributed by atoms with E-state index in [9.17, 15) is 0 Å². The van der Waals surface area contributed by atoms with Crippen LogP contribution in [-0.4, -0.2) is 31.3 Å². The van der Waals surface area contributed by atoms with E-state index < -0.39 is 0 Å². The molecule has 0 N–H and O–H groups in total. The molecule has 0 amide bonds. The molecule has 1 aromatic heterocycles. The van der Waals surface area contributed by atoms with Crippen molar-refractivity contribution in [2.45, 2.75) is 25.8 Å². The second-order valence-corrected chi connectivity index (χ2v) is 4.00. The Bertz CT molecular complexity index is 320. The second-order valence-electron chi connectivity index (χ2n) is 3.73. The van der Waals surface area contributed by atoms with Crippen molar-refractivity contribution in [1.29, 1.82) is 0 Å². The van der Waals surface area contributed by atoms with Gasteiger partial charge in [-0.15, -0.1) is 11.6 Å². The van der Waals surface area contributed by atoms with Gasteiger partial charge < -0.3 is 9.64 Å². The lowest BCUT2D eigenvalue weighted by Gasteiger charge is -2.30. The normalized spacial score (nSPS) is 12.5. The van der Waals surface area contributed by atoms with Gasteiger partial charge in [-0.05, 0) is 25.5 Å². The summed E-state index contributed by atoms with van der Waals surface area (Å²) < 4.78 is 5.19. The molecular formula is C12H19ClN2O. The van der Waals surface area contributed by atoms with Crippen molar-refractivity contribution >= 4 is 17.3 Å². The van der Waals surface area contributed by atoms with E-state index in [0.29, 0.717) is 18.5 Å². The van der Waals surface area contributed by atoms with Gasteiger partial charge in [0.05, 0.1) is 18.5 Å². The summed E-state index contributed by atoms with van der Waals surface area (Å²) in [6, 6.07) is 2.28. The lowest BCUT2D eigenvalue weighted by molar-refractivity contribution is 0.182. The number of likely N-dealkylation sites (N-methyl/N-ethyl adjacent to an activating group) is 1. The molecule has 16 heavy (non-hydrogen) atoms. The Morgan fingerprint density at radius 2 is 2.31 bits per heavy atom. The molecule has 1 rings (SSSR count). The maximum atomic E-state index is 5.93. The van der Waals surface area contributed by atoms with E-state index in [1.54, 1.807) is 13.3 Å². The molecule has 0 spiro atoms. The van der Waals surface area contributed by atoms with Gasteiger partial charge in [-0.2, -0.15) is 0 Å². The zero-order chi connectivity index (χ0) is 12.0. The summed E-state index contributed by atoms with van der Waals surface area (Å²) in [5.41, 5.74) is 2.21. The van der Waals surface area contributed by atoms with Crippen LogP contribution in [0, 0.1) is 0 Å². The molecule has 0 radical (unpaired) electrons. The van der Waals surface area contributed by atoms with Crippen LogP contribution in [0.1, 0.15) is 19.4 Å².